The number of hydrogen-bond acceptors (Lipinski definition) is 3. The molecule has 1 N–H and O–H groups in total. The van der Waals surface area contributed by atoms with Gasteiger partial charge >= 0.3 is 5.97 Å². The first-order valence-electron chi connectivity index (χ1n) is 21.7. The SMILES string of the molecule is CCCCCCCCC=CCCCCCCCCCCCC(=O)OCCCCCCCCCCCCCCCCCCCCCCO. The molecule has 0 aromatic heterocycles. The van der Waals surface area contributed by atoms with Crippen LogP contribution in [0.3, 0.4) is 0 Å². The number of ether oxygens (including phenoxy) is 1. The molecular weight excluding hydrogens is 576 g/mol. The Morgan fingerprint density at radius 1 is 0.404 bits per heavy atom. The molecule has 0 bridgehead atoms. The second-order valence-electron chi connectivity index (χ2n) is 14.8. The molecule has 0 fully saturated rings. The molecule has 0 aromatic carbocycles. The summed E-state index contributed by atoms with van der Waals surface area (Å²) in [7, 11) is 0. The third kappa shape index (κ3) is 43.1. The zero-order valence-corrected chi connectivity index (χ0v) is 32.2. The maximum atomic E-state index is 12.0. The zero-order chi connectivity index (χ0) is 34.0. The highest BCUT2D eigenvalue weighted by molar-refractivity contribution is 5.69. The van der Waals surface area contributed by atoms with Crippen molar-refractivity contribution in [1.82, 2.24) is 0 Å². The minimum atomic E-state index is 0.0206. The molecule has 0 unspecified atom stereocenters. The smallest absolute Gasteiger partial charge is 0.305 e. The Labute approximate surface area is 296 Å². The number of aliphatic hydroxyl groups excluding tert-OH is 1. The molecule has 0 spiro atoms. The van der Waals surface area contributed by atoms with Crippen molar-refractivity contribution < 1.29 is 14.6 Å². The van der Waals surface area contributed by atoms with E-state index in [1.54, 1.807) is 0 Å². The lowest BCUT2D eigenvalue weighted by atomic mass is 10.0. The predicted octanol–water partition coefficient (Wildman–Crippen LogP) is 14.9. The van der Waals surface area contributed by atoms with E-state index >= 15 is 0 Å². The highest BCUT2D eigenvalue weighted by Crippen LogP contribution is 2.16. The Hall–Kier alpha value is -0.830. The van der Waals surface area contributed by atoms with E-state index in [2.05, 4.69) is 19.1 Å². The molecular formula is C44H86O3. The summed E-state index contributed by atoms with van der Waals surface area (Å²) in [6.07, 6.45) is 54.6. The topological polar surface area (TPSA) is 46.5 Å². The Bertz CT molecular complexity index is 601. The summed E-state index contributed by atoms with van der Waals surface area (Å²) < 4.78 is 5.47. The van der Waals surface area contributed by atoms with Gasteiger partial charge in [0, 0.05) is 13.0 Å². The van der Waals surface area contributed by atoms with E-state index in [1.165, 1.54) is 218 Å². The Balaban J connectivity index is 3.17. The van der Waals surface area contributed by atoms with Crippen molar-refractivity contribution in [3.8, 4) is 0 Å². The van der Waals surface area contributed by atoms with E-state index < -0.39 is 0 Å². The summed E-state index contributed by atoms with van der Waals surface area (Å²) in [4.78, 5) is 12.0. The minimum absolute atomic E-state index is 0.0206. The minimum Gasteiger partial charge on any atom is -0.466 e. The Kier molecular flexibility index (Phi) is 42.4. The third-order valence-corrected chi connectivity index (χ3v) is 9.96. The van der Waals surface area contributed by atoms with Crippen molar-refractivity contribution in [2.45, 2.75) is 251 Å². The molecule has 3 nitrogen and oxygen atoms in total. The maximum Gasteiger partial charge on any atom is 0.305 e. The summed E-state index contributed by atoms with van der Waals surface area (Å²) >= 11 is 0. The summed E-state index contributed by atoms with van der Waals surface area (Å²) in [6, 6.07) is 0. The molecule has 280 valence electrons. The van der Waals surface area contributed by atoms with E-state index in [4.69, 9.17) is 9.84 Å². The van der Waals surface area contributed by atoms with Gasteiger partial charge in [-0.1, -0.05) is 212 Å². The lowest BCUT2D eigenvalue weighted by molar-refractivity contribution is -0.143. The van der Waals surface area contributed by atoms with Gasteiger partial charge in [-0.25, -0.2) is 0 Å². The zero-order valence-electron chi connectivity index (χ0n) is 32.2. The number of rotatable bonds is 41. The summed E-state index contributed by atoms with van der Waals surface area (Å²) in [6.45, 7) is 3.27. The van der Waals surface area contributed by atoms with Crippen LogP contribution < -0.4 is 0 Å². The molecule has 0 aliphatic rings. The summed E-state index contributed by atoms with van der Waals surface area (Å²) in [5, 5.41) is 8.80. The van der Waals surface area contributed by atoms with E-state index in [1.807, 2.05) is 0 Å². The normalized spacial score (nSPS) is 11.6. The molecule has 0 saturated heterocycles. The predicted molar refractivity (Wildman–Crippen MR) is 208 cm³/mol. The van der Waals surface area contributed by atoms with Gasteiger partial charge in [0.25, 0.3) is 0 Å². The van der Waals surface area contributed by atoms with Crippen LogP contribution in [0.1, 0.15) is 251 Å². The highest BCUT2D eigenvalue weighted by Gasteiger charge is 2.03. The number of esters is 1. The Morgan fingerprint density at radius 3 is 1.06 bits per heavy atom. The van der Waals surface area contributed by atoms with Crippen molar-refractivity contribution in [2.75, 3.05) is 13.2 Å². The van der Waals surface area contributed by atoms with Crippen LogP contribution in [0.15, 0.2) is 12.2 Å². The van der Waals surface area contributed by atoms with Crippen molar-refractivity contribution >= 4 is 5.97 Å². The molecule has 0 aliphatic heterocycles. The van der Waals surface area contributed by atoms with Crippen LogP contribution in [-0.2, 0) is 9.53 Å². The Morgan fingerprint density at radius 2 is 0.702 bits per heavy atom. The standard InChI is InChI=1S/C44H86O3/c1-2-3-4-5-6-7-8-9-10-11-14-17-20-23-26-29-32-35-38-41-44(46)47-43-40-37-34-31-28-25-22-19-16-13-12-15-18-21-24-27-30-33-36-39-42-45/h9-10,45H,2-8,11-43H2,1H3. The number of aliphatic hydroxyl groups is 1. The van der Waals surface area contributed by atoms with E-state index in [-0.39, 0.29) is 5.97 Å². The van der Waals surface area contributed by atoms with E-state index in [9.17, 15) is 4.79 Å². The largest absolute Gasteiger partial charge is 0.466 e. The molecule has 0 aliphatic carbocycles. The fraction of sp³-hybridized carbons (Fsp3) is 0.932. The first-order valence-corrected chi connectivity index (χ1v) is 21.7. The van der Waals surface area contributed by atoms with Gasteiger partial charge in [-0.2, -0.15) is 0 Å². The van der Waals surface area contributed by atoms with Crippen molar-refractivity contribution in [3.63, 3.8) is 0 Å². The molecule has 3 heteroatoms. The van der Waals surface area contributed by atoms with Gasteiger partial charge in [-0.15, -0.1) is 0 Å². The van der Waals surface area contributed by atoms with Gasteiger partial charge in [0.15, 0.2) is 0 Å². The second kappa shape index (κ2) is 43.2. The fourth-order valence-corrected chi connectivity index (χ4v) is 6.70. The molecule has 0 saturated carbocycles. The van der Waals surface area contributed by atoms with Crippen LogP contribution in [0.5, 0.6) is 0 Å². The van der Waals surface area contributed by atoms with Crippen LogP contribution in [-0.4, -0.2) is 24.3 Å². The van der Waals surface area contributed by atoms with Crippen LogP contribution in [0, 0.1) is 0 Å². The summed E-state index contributed by atoms with van der Waals surface area (Å²) in [5.41, 5.74) is 0. The lowest BCUT2D eigenvalue weighted by Crippen LogP contribution is -2.05. The van der Waals surface area contributed by atoms with Gasteiger partial charge in [-0.3, -0.25) is 4.79 Å². The monoisotopic (exact) mass is 663 g/mol. The van der Waals surface area contributed by atoms with Crippen molar-refractivity contribution in [1.29, 1.82) is 0 Å². The van der Waals surface area contributed by atoms with Gasteiger partial charge in [0.2, 0.25) is 0 Å². The van der Waals surface area contributed by atoms with Crippen LogP contribution in [0.2, 0.25) is 0 Å². The third-order valence-electron chi connectivity index (χ3n) is 9.96. The van der Waals surface area contributed by atoms with Crippen molar-refractivity contribution in [3.05, 3.63) is 12.2 Å². The van der Waals surface area contributed by atoms with Gasteiger partial charge in [0.05, 0.1) is 6.61 Å². The number of hydrogen-bond donors (Lipinski definition) is 1. The van der Waals surface area contributed by atoms with Crippen LogP contribution in [0.4, 0.5) is 0 Å². The molecule has 0 heterocycles. The average molecular weight is 663 g/mol. The van der Waals surface area contributed by atoms with Crippen molar-refractivity contribution in [2.24, 2.45) is 0 Å². The van der Waals surface area contributed by atoms with Crippen LogP contribution in [0.25, 0.3) is 0 Å². The number of allylic oxidation sites excluding steroid dienone is 2. The first-order chi connectivity index (χ1) is 23.3. The molecule has 0 atom stereocenters. The summed E-state index contributed by atoms with van der Waals surface area (Å²) in [5.74, 6) is 0.0206. The number of unbranched alkanes of at least 4 members (excludes halogenated alkanes) is 34. The molecule has 0 aromatic rings. The number of carbonyl (C=O) groups excluding carboxylic acids is 1. The van der Waals surface area contributed by atoms with Crippen LogP contribution >= 0.6 is 0 Å². The fourth-order valence-electron chi connectivity index (χ4n) is 6.70. The molecule has 0 amide bonds. The maximum absolute atomic E-state index is 12.0. The molecule has 0 rings (SSSR count). The second-order valence-corrected chi connectivity index (χ2v) is 14.8. The number of carbonyl (C=O) groups is 1. The van der Waals surface area contributed by atoms with E-state index in [0.717, 1.165) is 19.3 Å². The lowest BCUT2D eigenvalue weighted by Gasteiger charge is -2.06. The highest BCUT2D eigenvalue weighted by atomic mass is 16.5. The molecule has 47 heavy (non-hydrogen) atoms. The first kappa shape index (κ1) is 46.2. The average Bonchev–Trinajstić information content (AvgIpc) is 3.08. The van der Waals surface area contributed by atoms with Gasteiger partial charge in [-0.05, 0) is 44.9 Å². The van der Waals surface area contributed by atoms with E-state index in [0.29, 0.717) is 19.6 Å². The molecule has 0 radical (unpaired) electrons. The van der Waals surface area contributed by atoms with Gasteiger partial charge < -0.3 is 9.84 Å². The van der Waals surface area contributed by atoms with Gasteiger partial charge in [0.1, 0.15) is 0 Å². The quantitative estimate of drug-likeness (QED) is 0.0402.